The van der Waals surface area contributed by atoms with Crippen LogP contribution in [0, 0.1) is 0 Å². The van der Waals surface area contributed by atoms with Crippen molar-refractivity contribution in [2.75, 3.05) is 4.90 Å². The summed E-state index contributed by atoms with van der Waals surface area (Å²) in [7, 11) is 0. The number of fused-ring (bicyclic) bond motifs is 6. The van der Waals surface area contributed by atoms with Crippen LogP contribution in [0.4, 0.5) is 17.1 Å². The quantitative estimate of drug-likeness (QED) is 0.189. The highest BCUT2D eigenvalue weighted by Crippen LogP contribution is 2.45. The lowest BCUT2D eigenvalue weighted by Crippen LogP contribution is -2.11. The van der Waals surface area contributed by atoms with Gasteiger partial charge in [-0.25, -0.2) is 0 Å². The van der Waals surface area contributed by atoms with Crippen molar-refractivity contribution in [1.82, 2.24) is 0 Å². The Labute approximate surface area is 272 Å². The van der Waals surface area contributed by atoms with E-state index >= 15 is 0 Å². The van der Waals surface area contributed by atoms with E-state index in [4.69, 9.17) is 0 Å². The van der Waals surface area contributed by atoms with Gasteiger partial charge in [-0.05, 0) is 80.7 Å². The van der Waals surface area contributed by atoms with Crippen LogP contribution >= 0.6 is 11.3 Å². The van der Waals surface area contributed by atoms with E-state index in [2.05, 4.69) is 181 Å². The van der Waals surface area contributed by atoms with Crippen molar-refractivity contribution in [2.24, 2.45) is 0 Å². The van der Waals surface area contributed by atoms with Gasteiger partial charge in [-0.2, -0.15) is 0 Å². The third kappa shape index (κ3) is 4.54. The predicted molar refractivity (Wildman–Crippen MR) is 200 cm³/mol. The van der Waals surface area contributed by atoms with Gasteiger partial charge in [0.05, 0.1) is 5.69 Å². The summed E-state index contributed by atoms with van der Waals surface area (Å²) in [6, 6.07) is 64.0. The molecule has 0 bridgehead atoms. The first kappa shape index (κ1) is 26.7. The van der Waals surface area contributed by atoms with E-state index < -0.39 is 0 Å². The first-order valence-electron chi connectivity index (χ1n) is 15.7. The van der Waals surface area contributed by atoms with Gasteiger partial charge in [0.2, 0.25) is 0 Å². The molecule has 0 N–H and O–H groups in total. The number of rotatable bonds is 5. The fraction of sp³-hybridized carbons (Fsp3) is 0. The molecule has 0 aliphatic carbocycles. The molecule has 0 fully saturated rings. The van der Waals surface area contributed by atoms with Crippen molar-refractivity contribution in [2.45, 2.75) is 0 Å². The maximum Gasteiger partial charge on any atom is 0.0540 e. The molecule has 8 aromatic carbocycles. The summed E-state index contributed by atoms with van der Waals surface area (Å²) >= 11 is 1.89. The van der Waals surface area contributed by atoms with E-state index in [1.165, 1.54) is 64.0 Å². The van der Waals surface area contributed by atoms with E-state index in [9.17, 15) is 0 Å². The van der Waals surface area contributed by atoms with E-state index in [0.29, 0.717) is 0 Å². The number of hydrogen-bond donors (Lipinski definition) is 0. The molecule has 0 amide bonds. The Morgan fingerprint density at radius 1 is 0.370 bits per heavy atom. The Hall–Kier alpha value is -5.70. The van der Waals surface area contributed by atoms with Crippen LogP contribution in [0.3, 0.4) is 0 Å². The molecule has 216 valence electrons. The van der Waals surface area contributed by atoms with Gasteiger partial charge < -0.3 is 4.90 Å². The molecule has 0 atom stereocenters. The summed E-state index contributed by atoms with van der Waals surface area (Å²) in [4.78, 5) is 2.42. The standard InChI is InChI=1S/C44H29NS/c1-2-10-30(11-3-1)32-20-23-36(24-21-32)45(42-17-9-8-15-38(42)35-19-18-31-12-4-5-14-34(31)28-35)37-25-27-43-41(29-37)40-26-22-33-13-6-7-16-39(33)44(40)46-43/h1-29H. The van der Waals surface area contributed by atoms with Gasteiger partial charge >= 0.3 is 0 Å². The number of anilines is 3. The van der Waals surface area contributed by atoms with Crippen molar-refractivity contribution in [3.63, 3.8) is 0 Å². The summed E-state index contributed by atoms with van der Waals surface area (Å²) < 4.78 is 2.65. The lowest BCUT2D eigenvalue weighted by Gasteiger charge is -2.28. The van der Waals surface area contributed by atoms with Gasteiger partial charge in [0.1, 0.15) is 0 Å². The second-order valence-electron chi connectivity index (χ2n) is 11.8. The summed E-state index contributed by atoms with van der Waals surface area (Å²) in [5.41, 5.74) is 8.23. The van der Waals surface area contributed by atoms with Crippen molar-refractivity contribution in [1.29, 1.82) is 0 Å². The number of nitrogens with zero attached hydrogens (tertiary/aromatic N) is 1. The van der Waals surface area contributed by atoms with Crippen molar-refractivity contribution in [3.8, 4) is 22.3 Å². The monoisotopic (exact) mass is 603 g/mol. The van der Waals surface area contributed by atoms with Crippen molar-refractivity contribution >= 4 is 70.1 Å². The first-order chi connectivity index (χ1) is 22.8. The summed E-state index contributed by atoms with van der Waals surface area (Å²) in [6.45, 7) is 0. The molecule has 0 saturated carbocycles. The Morgan fingerprint density at radius 2 is 1.02 bits per heavy atom. The van der Waals surface area contributed by atoms with Gasteiger partial charge in [-0.3, -0.25) is 0 Å². The second kappa shape index (κ2) is 11.0. The van der Waals surface area contributed by atoms with Gasteiger partial charge in [0.25, 0.3) is 0 Å². The summed E-state index contributed by atoms with van der Waals surface area (Å²) in [6.07, 6.45) is 0. The normalized spacial score (nSPS) is 11.5. The van der Waals surface area contributed by atoms with Crippen LogP contribution in [-0.2, 0) is 0 Å². The molecule has 1 nitrogen and oxygen atoms in total. The molecule has 9 rings (SSSR count). The van der Waals surface area contributed by atoms with Crippen molar-refractivity contribution < 1.29 is 0 Å². The first-order valence-corrected chi connectivity index (χ1v) is 16.5. The minimum absolute atomic E-state index is 1.12. The molecule has 1 heterocycles. The molecule has 46 heavy (non-hydrogen) atoms. The largest absolute Gasteiger partial charge is 0.310 e. The molecule has 0 spiro atoms. The molecule has 2 heteroatoms. The van der Waals surface area contributed by atoms with Gasteiger partial charge in [-0.15, -0.1) is 11.3 Å². The van der Waals surface area contributed by atoms with Crippen LogP contribution in [0.5, 0.6) is 0 Å². The molecule has 1 aromatic heterocycles. The van der Waals surface area contributed by atoms with Crippen molar-refractivity contribution in [3.05, 3.63) is 176 Å². The smallest absolute Gasteiger partial charge is 0.0540 e. The van der Waals surface area contributed by atoms with Gasteiger partial charge in [-0.1, -0.05) is 133 Å². The zero-order chi connectivity index (χ0) is 30.5. The fourth-order valence-corrected chi connectivity index (χ4v) is 7.98. The third-order valence-electron chi connectivity index (χ3n) is 9.04. The third-order valence-corrected chi connectivity index (χ3v) is 10.3. The minimum atomic E-state index is 1.12. The van der Waals surface area contributed by atoms with Crippen LogP contribution in [0.1, 0.15) is 0 Å². The SMILES string of the molecule is c1ccc(-c2ccc(N(c3ccc4sc5c6ccccc6ccc5c4c3)c3ccccc3-c3ccc4ccccc4c3)cc2)cc1. The molecule has 0 unspecified atom stereocenters. The number of hydrogen-bond acceptors (Lipinski definition) is 2. The van der Waals surface area contributed by atoms with E-state index in [1.807, 2.05) is 11.3 Å². The number of benzene rings is 8. The summed E-state index contributed by atoms with van der Waals surface area (Å²) in [5, 5.41) is 7.69. The van der Waals surface area contributed by atoms with E-state index in [1.54, 1.807) is 0 Å². The molecule has 0 saturated heterocycles. The highest BCUT2D eigenvalue weighted by atomic mass is 32.1. The second-order valence-corrected chi connectivity index (χ2v) is 12.8. The molecule has 0 aliphatic rings. The topological polar surface area (TPSA) is 3.24 Å². The number of para-hydroxylation sites is 1. The summed E-state index contributed by atoms with van der Waals surface area (Å²) in [5.74, 6) is 0. The highest BCUT2D eigenvalue weighted by Gasteiger charge is 2.19. The maximum absolute atomic E-state index is 2.42. The zero-order valence-electron chi connectivity index (χ0n) is 25.1. The van der Waals surface area contributed by atoms with Crippen LogP contribution < -0.4 is 4.90 Å². The average Bonchev–Trinajstić information content (AvgIpc) is 3.51. The maximum atomic E-state index is 2.42. The fourth-order valence-electron chi connectivity index (χ4n) is 6.76. The Kier molecular flexibility index (Phi) is 6.40. The minimum Gasteiger partial charge on any atom is -0.310 e. The highest BCUT2D eigenvalue weighted by molar-refractivity contribution is 7.26. The Bertz CT molecular complexity index is 2530. The van der Waals surface area contributed by atoms with Crippen LogP contribution in [-0.4, -0.2) is 0 Å². The van der Waals surface area contributed by atoms with Crippen LogP contribution in [0.15, 0.2) is 176 Å². The number of thiophene rings is 1. The lowest BCUT2D eigenvalue weighted by molar-refractivity contribution is 1.29. The van der Waals surface area contributed by atoms with Crippen LogP contribution in [0.25, 0.3) is 64.0 Å². The van der Waals surface area contributed by atoms with E-state index in [-0.39, 0.29) is 0 Å². The zero-order valence-corrected chi connectivity index (χ0v) is 25.9. The van der Waals surface area contributed by atoms with E-state index in [0.717, 1.165) is 17.1 Å². The Morgan fingerprint density at radius 3 is 1.89 bits per heavy atom. The molecule has 0 radical (unpaired) electrons. The van der Waals surface area contributed by atoms with Gasteiger partial charge in [0, 0.05) is 37.1 Å². The predicted octanol–water partition coefficient (Wildman–Crippen LogP) is 13.2. The lowest BCUT2D eigenvalue weighted by atomic mass is 9.98. The van der Waals surface area contributed by atoms with Gasteiger partial charge in [0.15, 0.2) is 0 Å². The Balaban J connectivity index is 1.25. The molecular weight excluding hydrogens is 575 g/mol. The molecule has 9 aromatic rings. The average molecular weight is 604 g/mol. The molecule has 0 aliphatic heterocycles. The molecular formula is C44H29NS. The van der Waals surface area contributed by atoms with Crippen LogP contribution in [0.2, 0.25) is 0 Å².